The largest absolute Gasteiger partial charge is 0.496 e. The number of unbranched alkanes of at least 4 members (excludes halogenated alkanes) is 2. The lowest BCUT2D eigenvalue weighted by molar-refractivity contribution is -0.158. The highest BCUT2D eigenvalue weighted by atomic mass is 35.5. The van der Waals surface area contributed by atoms with Crippen molar-refractivity contribution in [3.63, 3.8) is 0 Å². The molecule has 2 bridgehead atoms. The second-order valence-corrected chi connectivity index (χ2v) is 10.9. The van der Waals surface area contributed by atoms with Gasteiger partial charge in [0.2, 0.25) is 0 Å². The molecule has 0 radical (unpaired) electrons. The quantitative estimate of drug-likeness (QED) is 0.225. The Morgan fingerprint density at radius 3 is 2.41 bits per heavy atom. The molecule has 12 heteroatoms. The van der Waals surface area contributed by atoms with Crippen LogP contribution in [0.2, 0.25) is 5.02 Å². The number of carbonyl (C=O) groups excluding carboxylic acids is 2. The van der Waals surface area contributed by atoms with Gasteiger partial charge in [-0.2, -0.15) is 27.0 Å². The van der Waals surface area contributed by atoms with Crippen LogP contribution in [0.1, 0.15) is 55.3 Å². The minimum atomic E-state index is -0.260. The Bertz CT molecular complexity index is 951. The average molecular weight is 605 g/mol. The molecule has 0 saturated carbocycles. The van der Waals surface area contributed by atoms with Crippen molar-refractivity contribution in [1.29, 1.82) is 0 Å². The van der Waals surface area contributed by atoms with Crippen molar-refractivity contribution < 1.29 is 23.8 Å². The standard InChI is InChI=1S/C27H41ClN4O5.2H2S/c1-35-23-15-21(29)20(28)14-19(23)27(34)30-22-9-13-31(17-25(22)36-2)10-5-3-4-6-26(33)37-24-16-32-11-7-18(24)8-12-32;;/h14-15,18,22,24-25H,3-13,16-17,29H2,1-2H3,(H,30,34);2*1H2/t22-,24-,25+;;/m1../s1. The van der Waals surface area contributed by atoms with Crippen molar-refractivity contribution in [2.24, 2.45) is 5.92 Å². The lowest BCUT2D eigenvalue weighted by Gasteiger charge is -2.43. The fraction of sp³-hybridized carbons (Fsp3) is 0.704. The van der Waals surface area contributed by atoms with Crippen molar-refractivity contribution in [3.05, 3.63) is 22.7 Å². The Morgan fingerprint density at radius 2 is 1.77 bits per heavy atom. The van der Waals surface area contributed by atoms with E-state index in [0.717, 1.165) is 77.8 Å². The third-order valence-electron chi connectivity index (χ3n) is 8.06. The van der Waals surface area contributed by atoms with E-state index >= 15 is 0 Å². The summed E-state index contributed by atoms with van der Waals surface area (Å²) in [7, 11) is 3.17. The smallest absolute Gasteiger partial charge is 0.306 e. The monoisotopic (exact) mass is 604 g/mol. The summed E-state index contributed by atoms with van der Waals surface area (Å²) in [4.78, 5) is 30.0. The van der Waals surface area contributed by atoms with Crippen molar-refractivity contribution in [2.75, 3.05) is 59.2 Å². The Hall–Kier alpha value is -1.37. The molecule has 0 spiro atoms. The zero-order chi connectivity index (χ0) is 26.4. The SMILES string of the molecule is COc1cc(N)c(Cl)cc1C(=O)N[C@@H]1CCN(CCCCCC(=O)O[C@@H]2CN3CCC2CC3)C[C@@H]1OC.S.S. The number of rotatable bonds is 11. The molecule has 3 N–H and O–H groups in total. The molecule has 39 heavy (non-hydrogen) atoms. The van der Waals surface area contributed by atoms with Crippen molar-refractivity contribution in [2.45, 2.75) is 63.2 Å². The fourth-order valence-corrected chi connectivity index (χ4v) is 5.97. The summed E-state index contributed by atoms with van der Waals surface area (Å²) in [6.07, 6.45) is 6.42. The lowest BCUT2D eigenvalue weighted by Crippen LogP contribution is -2.54. The van der Waals surface area contributed by atoms with E-state index in [2.05, 4.69) is 15.1 Å². The molecule has 0 aromatic heterocycles. The molecule has 222 valence electrons. The molecule has 0 unspecified atom stereocenters. The maximum Gasteiger partial charge on any atom is 0.306 e. The van der Waals surface area contributed by atoms with Crippen LogP contribution in [0.5, 0.6) is 5.75 Å². The normalized spacial score (nSPS) is 26.2. The summed E-state index contributed by atoms with van der Waals surface area (Å²) in [6, 6.07) is 2.98. The zero-order valence-electron chi connectivity index (χ0n) is 23.0. The minimum Gasteiger partial charge on any atom is -0.496 e. The van der Waals surface area contributed by atoms with Gasteiger partial charge in [-0.3, -0.25) is 14.5 Å². The van der Waals surface area contributed by atoms with Crippen LogP contribution in [0, 0.1) is 5.92 Å². The number of methoxy groups -OCH3 is 2. The highest BCUT2D eigenvalue weighted by Crippen LogP contribution is 2.30. The molecule has 5 rings (SSSR count). The maximum atomic E-state index is 13.0. The first kappa shape index (κ1) is 33.8. The van der Waals surface area contributed by atoms with Crippen LogP contribution in [-0.4, -0.2) is 93.4 Å². The third kappa shape index (κ3) is 9.06. The number of halogens is 1. The van der Waals surface area contributed by atoms with Gasteiger partial charge in [0.1, 0.15) is 11.9 Å². The van der Waals surface area contributed by atoms with Gasteiger partial charge in [0.25, 0.3) is 5.91 Å². The van der Waals surface area contributed by atoms with Gasteiger partial charge >= 0.3 is 5.97 Å². The van der Waals surface area contributed by atoms with Gasteiger partial charge in [0.05, 0.1) is 35.5 Å². The van der Waals surface area contributed by atoms with E-state index in [-0.39, 0.29) is 57.1 Å². The van der Waals surface area contributed by atoms with E-state index in [0.29, 0.717) is 34.4 Å². The summed E-state index contributed by atoms with van der Waals surface area (Å²) in [5.41, 5.74) is 6.56. The molecule has 9 nitrogen and oxygen atoms in total. The topological polar surface area (TPSA) is 106 Å². The number of piperidine rings is 4. The van der Waals surface area contributed by atoms with Crippen molar-refractivity contribution in [3.8, 4) is 5.75 Å². The third-order valence-corrected chi connectivity index (χ3v) is 8.39. The predicted octanol–water partition coefficient (Wildman–Crippen LogP) is 3.17. The Kier molecular flexibility index (Phi) is 14.0. The first-order valence-electron chi connectivity index (χ1n) is 13.5. The van der Waals surface area contributed by atoms with E-state index < -0.39 is 0 Å². The van der Waals surface area contributed by atoms with E-state index in [9.17, 15) is 9.59 Å². The van der Waals surface area contributed by atoms with Gasteiger partial charge in [-0.15, -0.1) is 0 Å². The van der Waals surface area contributed by atoms with E-state index in [1.807, 2.05) is 0 Å². The predicted molar refractivity (Wildman–Crippen MR) is 164 cm³/mol. The lowest BCUT2D eigenvalue weighted by atomic mass is 9.86. The molecule has 4 aliphatic rings. The van der Waals surface area contributed by atoms with Gasteiger partial charge in [-0.05, 0) is 63.7 Å². The minimum absolute atomic E-state index is 0. The molecule has 4 heterocycles. The number of carbonyl (C=O) groups is 2. The van der Waals surface area contributed by atoms with Gasteiger partial charge in [-0.1, -0.05) is 18.0 Å². The molecule has 1 amide bonds. The second kappa shape index (κ2) is 16.2. The van der Waals surface area contributed by atoms with Crippen LogP contribution in [0.4, 0.5) is 5.69 Å². The van der Waals surface area contributed by atoms with E-state index in [1.165, 1.54) is 13.2 Å². The van der Waals surface area contributed by atoms with E-state index in [4.69, 9.17) is 31.5 Å². The highest BCUT2D eigenvalue weighted by molar-refractivity contribution is 7.59. The number of fused-ring (bicyclic) bond motifs is 3. The summed E-state index contributed by atoms with van der Waals surface area (Å²) in [5.74, 6) is 0.637. The van der Waals surface area contributed by atoms with Crippen LogP contribution < -0.4 is 15.8 Å². The number of likely N-dealkylation sites (tertiary alicyclic amines) is 1. The number of benzene rings is 1. The summed E-state index contributed by atoms with van der Waals surface area (Å²) >= 11 is 6.13. The number of nitrogens with two attached hydrogens (primary N) is 1. The zero-order valence-corrected chi connectivity index (χ0v) is 25.8. The number of amides is 1. The Balaban J connectivity index is 0.00000267. The van der Waals surface area contributed by atoms with Gasteiger partial charge < -0.3 is 30.2 Å². The van der Waals surface area contributed by atoms with Crippen molar-refractivity contribution in [1.82, 2.24) is 15.1 Å². The fourth-order valence-electron chi connectivity index (χ4n) is 5.80. The number of nitrogen functional groups attached to an aromatic ring is 1. The number of hydrogen-bond donors (Lipinski definition) is 2. The summed E-state index contributed by atoms with van der Waals surface area (Å²) in [6.45, 7) is 5.76. The molecular weight excluding hydrogens is 560 g/mol. The molecule has 4 saturated heterocycles. The molecular formula is C27H45ClN4O5S2. The van der Waals surface area contributed by atoms with Crippen LogP contribution >= 0.6 is 38.6 Å². The molecule has 4 aliphatic heterocycles. The summed E-state index contributed by atoms with van der Waals surface area (Å²) < 4.78 is 16.8. The van der Waals surface area contributed by atoms with Crippen LogP contribution in [0.25, 0.3) is 0 Å². The first-order valence-corrected chi connectivity index (χ1v) is 13.9. The Morgan fingerprint density at radius 1 is 1.03 bits per heavy atom. The van der Waals surface area contributed by atoms with Gasteiger partial charge in [0, 0.05) is 39.2 Å². The summed E-state index contributed by atoms with van der Waals surface area (Å²) in [5, 5.41) is 3.40. The van der Waals surface area contributed by atoms with E-state index in [1.54, 1.807) is 13.2 Å². The molecule has 0 aliphatic carbocycles. The number of anilines is 1. The average Bonchev–Trinajstić information content (AvgIpc) is 2.91. The number of nitrogens with one attached hydrogen (secondary N) is 1. The van der Waals surface area contributed by atoms with Crippen LogP contribution in [0.15, 0.2) is 12.1 Å². The van der Waals surface area contributed by atoms with Crippen molar-refractivity contribution >= 4 is 56.2 Å². The molecule has 1 aromatic carbocycles. The van der Waals surface area contributed by atoms with Gasteiger partial charge in [-0.25, -0.2) is 0 Å². The molecule has 3 atom stereocenters. The molecule has 4 fully saturated rings. The first-order chi connectivity index (χ1) is 17.9. The van der Waals surface area contributed by atoms with Gasteiger partial charge in [0.15, 0.2) is 0 Å². The Labute approximate surface area is 251 Å². The highest BCUT2D eigenvalue weighted by Gasteiger charge is 2.36. The maximum absolute atomic E-state index is 13.0. The van der Waals surface area contributed by atoms with Crippen LogP contribution in [0.3, 0.4) is 0 Å². The molecule has 1 aromatic rings. The second-order valence-electron chi connectivity index (χ2n) is 10.5. The number of nitrogens with zero attached hydrogens (tertiary/aromatic N) is 2. The van der Waals surface area contributed by atoms with Crippen LogP contribution in [-0.2, 0) is 14.3 Å². The number of hydrogen-bond acceptors (Lipinski definition) is 8. The number of ether oxygens (including phenoxy) is 3. The number of esters is 1.